The van der Waals surface area contributed by atoms with Crippen LogP contribution in [0.5, 0.6) is 0 Å². The van der Waals surface area contributed by atoms with Crippen LogP contribution in [0.2, 0.25) is 0 Å². The van der Waals surface area contributed by atoms with Gasteiger partial charge in [-0.1, -0.05) is 0 Å². The van der Waals surface area contributed by atoms with Crippen LogP contribution in [-0.2, 0) is 4.79 Å². The van der Waals surface area contributed by atoms with Crippen molar-refractivity contribution in [3.63, 3.8) is 0 Å². The smallest absolute Gasteiger partial charge is 0.232 e. The number of aromatic nitrogens is 2. The SMILES string of the molecule is CSCC(=O)N1CCCC(n2ccnc2C)C1. The maximum atomic E-state index is 11.9. The Morgan fingerprint density at radius 1 is 1.65 bits per heavy atom. The zero-order chi connectivity index (χ0) is 12.3. The number of imidazole rings is 1. The number of hydrogen-bond donors (Lipinski definition) is 0. The number of likely N-dealkylation sites (tertiary alicyclic amines) is 1. The van der Waals surface area contributed by atoms with Gasteiger partial charge in [-0.15, -0.1) is 0 Å². The fraction of sp³-hybridized carbons (Fsp3) is 0.667. The highest BCUT2D eigenvalue weighted by Gasteiger charge is 2.24. The average Bonchev–Trinajstić information content (AvgIpc) is 2.76. The van der Waals surface area contributed by atoms with Gasteiger partial charge in [-0.3, -0.25) is 4.79 Å². The molecule has 94 valence electrons. The van der Waals surface area contributed by atoms with E-state index in [1.165, 1.54) is 0 Å². The van der Waals surface area contributed by atoms with Gasteiger partial charge >= 0.3 is 0 Å². The van der Waals surface area contributed by atoms with Crippen LogP contribution in [0.1, 0.15) is 24.7 Å². The lowest BCUT2D eigenvalue weighted by molar-refractivity contribution is -0.129. The lowest BCUT2D eigenvalue weighted by Gasteiger charge is -2.33. The van der Waals surface area contributed by atoms with Gasteiger partial charge in [0, 0.05) is 25.5 Å². The Hall–Kier alpha value is -0.970. The maximum absolute atomic E-state index is 11.9. The van der Waals surface area contributed by atoms with Gasteiger partial charge in [0.2, 0.25) is 5.91 Å². The maximum Gasteiger partial charge on any atom is 0.232 e. The van der Waals surface area contributed by atoms with Crippen LogP contribution in [0.25, 0.3) is 0 Å². The number of piperidine rings is 1. The average molecular weight is 253 g/mol. The molecule has 0 aliphatic carbocycles. The highest BCUT2D eigenvalue weighted by molar-refractivity contribution is 7.99. The van der Waals surface area contributed by atoms with Crippen molar-refractivity contribution in [2.24, 2.45) is 0 Å². The van der Waals surface area contributed by atoms with Crippen LogP contribution in [0.4, 0.5) is 0 Å². The lowest BCUT2D eigenvalue weighted by Crippen LogP contribution is -2.41. The van der Waals surface area contributed by atoms with E-state index in [2.05, 4.69) is 9.55 Å². The van der Waals surface area contributed by atoms with E-state index in [9.17, 15) is 4.79 Å². The molecular formula is C12H19N3OS. The molecule has 0 spiro atoms. The van der Waals surface area contributed by atoms with E-state index in [0.29, 0.717) is 11.8 Å². The number of thioether (sulfide) groups is 1. The number of hydrogen-bond acceptors (Lipinski definition) is 3. The number of nitrogens with zero attached hydrogens (tertiary/aromatic N) is 3. The molecule has 1 fully saturated rings. The van der Waals surface area contributed by atoms with Gasteiger partial charge < -0.3 is 9.47 Å². The molecule has 0 saturated carbocycles. The Bertz CT molecular complexity index is 391. The molecule has 2 rings (SSSR count). The Labute approximate surface area is 106 Å². The first kappa shape index (κ1) is 12.5. The van der Waals surface area contributed by atoms with Crippen molar-refractivity contribution in [3.05, 3.63) is 18.2 Å². The van der Waals surface area contributed by atoms with Crippen LogP contribution in [0, 0.1) is 6.92 Å². The second-order valence-corrected chi connectivity index (χ2v) is 5.32. The zero-order valence-corrected chi connectivity index (χ0v) is 11.2. The summed E-state index contributed by atoms with van der Waals surface area (Å²) in [6.07, 6.45) is 8.04. The summed E-state index contributed by atoms with van der Waals surface area (Å²) in [6, 6.07) is 0.400. The molecule has 1 saturated heterocycles. The van der Waals surface area contributed by atoms with E-state index in [1.54, 1.807) is 11.8 Å². The van der Waals surface area contributed by atoms with Crippen molar-refractivity contribution in [1.82, 2.24) is 14.5 Å². The Morgan fingerprint density at radius 3 is 3.12 bits per heavy atom. The quantitative estimate of drug-likeness (QED) is 0.823. The predicted octanol–water partition coefficient (Wildman–Crippen LogP) is 1.72. The molecule has 1 aliphatic heterocycles. The Balaban J connectivity index is 2.02. The molecule has 0 radical (unpaired) electrons. The minimum absolute atomic E-state index is 0.264. The second kappa shape index (κ2) is 5.58. The van der Waals surface area contributed by atoms with E-state index in [0.717, 1.165) is 31.8 Å². The van der Waals surface area contributed by atoms with Crippen LogP contribution >= 0.6 is 11.8 Å². The third-order valence-electron chi connectivity index (χ3n) is 3.27. The summed E-state index contributed by atoms with van der Waals surface area (Å²) >= 11 is 1.59. The summed E-state index contributed by atoms with van der Waals surface area (Å²) in [4.78, 5) is 18.1. The van der Waals surface area contributed by atoms with E-state index in [1.807, 2.05) is 30.5 Å². The van der Waals surface area contributed by atoms with Gasteiger partial charge in [-0.2, -0.15) is 11.8 Å². The molecule has 1 aliphatic rings. The van der Waals surface area contributed by atoms with Crippen molar-refractivity contribution >= 4 is 17.7 Å². The molecule has 1 aromatic heterocycles. The Morgan fingerprint density at radius 2 is 2.47 bits per heavy atom. The monoisotopic (exact) mass is 253 g/mol. The first-order chi connectivity index (χ1) is 8.22. The lowest BCUT2D eigenvalue weighted by atomic mass is 10.1. The summed E-state index contributed by atoms with van der Waals surface area (Å²) in [7, 11) is 0. The summed E-state index contributed by atoms with van der Waals surface area (Å²) < 4.78 is 2.19. The highest BCUT2D eigenvalue weighted by atomic mass is 32.2. The van der Waals surface area contributed by atoms with Crippen molar-refractivity contribution in [2.75, 3.05) is 25.1 Å². The van der Waals surface area contributed by atoms with Crippen LogP contribution in [0.3, 0.4) is 0 Å². The molecule has 1 unspecified atom stereocenters. The topological polar surface area (TPSA) is 38.1 Å². The molecule has 4 nitrogen and oxygen atoms in total. The number of rotatable bonds is 3. The van der Waals surface area contributed by atoms with Crippen molar-refractivity contribution in [2.45, 2.75) is 25.8 Å². The fourth-order valence-electron chi connectivity index (χ4n) is 2.40. The van der Waals surface area contributed by atoms with E-state index >= 15 is 0 Å². The van der Waals surface area contributed by atoms with Gasteiger partial charge in [0.1, 0.15) is 5.82 Å². The second-order valence-electron chi connectivity index (χ2n) is 4.45. The molecule has 1 atom stereocenters. The number of carbonyl (C=O) groups excluding carboxylic acids is 1. The normalized spacial score (nSPS) is 20.6. The molecule has 1 amide bonds. The summed E-state index contributed by atoms with van der Waals surface area (Å²) in [5, 5.41) is 0. The minimum atomic E-state index is 0.264. The first-order valence-electron chi connectivity index (χ1n) is 5.98. The molecule has 5 heteroatoms. The third kappa shape index (κ3) is 2.83. The molecule has 0 aromatic carbocycles. The van der Waals surface area contributed by atoms with Crippen molar-refractivity contribution in [1.29, 1.82) is 0 Å². The molecule has 2 heterocycles. The summed E-state index contributed by atoms with van der Waals surface area (Å²) in [6.45, 7) is 3.75. The Kier molecular flexibility index (Phi) is 4.10. The van der Waals surface area contributed by atoms with Gasteiger partial charge in [-0.05, 0) is 26.0 Å². The number of aryl methyl sites for hydroxylation is 1. The molecule has 17 heavy (non-hydrogen) atoms. The molecule has 0 N–H and O–H groups in total. The fourth-order valence-corrected chi connectivity index (χ4v) is 2.83. The van der Waals surface area contributed by atoms with E-state index < -0.39 is 0 Å². The van der Waals surface area contributed by atoms with Gasteiger partial charge in [0.25, 0.3) is 0 Å². The van der Waals surface area contributed by atoms with E-state index in [4.69, 9.17) is 0 Å². The van der Waals surface area contributed by atoms with Crippen LogP contribution < -0.4 is 0 Å². The standard InChI is InChI=1S/C12H19N3OS/c1-10-13-5-7-15(10)11-4-3-6-14(8-11)12(16)9-17-2/h5,7,11H,3-4,6,8-9H2,1-2H3. The van der Waals surface area contributed by atoms with Crippen molar-refractivity contribution in [3.8, 4) is 0 Å². The molecular weight excluding hydrogens is 234 g/mol. The summed E-state index contributed by atoms with van der Waals surface area (Å²) in [5.41, 5.74) is 0. The minimum Gasteiger partial charge on any atom is -0.340 e. The highest BCUT2D eigenvalue weighted by Crippen LogP contribution is 2.22. The van der Waals surface area contributed by atoms with Crippen LogP contribution in [0.15, 0.2) is 12.4 Å². The van der Waals surface area contributed by atoms with Gasteiger partial charge in [0.05, 0.1) is 11.8 Å². The molecule has 1 aromatic rings. The third-order valence-corrected chi connectivity index (χ3v) is 3.81. The number of amides is 1. The predicted molar refractivity (Wildman–Crippen MR) is 70.2 cm³/mol. The zero-order valence-electron chi connectivity index (χ0n) is 10.4. The van der Waals surface area contributed by atoms with Crippen molar-refractivity contribution < 1.29 is 4.79 Å². The summed E-state index contributed by atoms with van der Waals surface area (Å²) in [5.74, 6) is 1.89. The van der Waals surface area contributed by atoms with Gasteiger partial charge in [0.15, 0.2) is 0 Å². The largest absolute Gasteiger partial charge is 0.340 e. The van der Waals surface area contributed by atoms with Gasteiger partial charge in [-0.25, -0.2) is 4.98 Å². The molecule has 0 bridgehead atoms. The first-order valence-corrected chi connectivity index (χ1v) is 7.38. The number of carbonyl (C=O) groups is 1. The van der Waals surface area contributed by atoms with E-state index in [-0.39, 0.29) is 5.91 Å². The van der Waals surface area contributed by atoms with Crippen LogP contribution in [-0.4, -0.2) is 45.5 Å².